The maximum Gasteiger partial charge on any atom is 0.267 e. The number of hydrazine groups is 1. The van der Waals surface area contributed by atoms with Crippen LogP contribution in [0.15, 0.2) is 47.4 Å². The zero-order valence-corrected chi connectivity index (χ0v) is 16.6. The maximum absolute atomic E-state index is 12.7. The second kappa shape index (κ2) is 8.29. The van der Waals surface area contributed by atoms with Crippen molar-refractivity contribution >= 4 is 33.2 Å². The van der Waals surface area contributed by atoms with Crippen LogP contribution in [0.1, 0.15) is 35.2 Å². The first kappa shape index (κ1) is 19.7. The first-order valence-corrected chi connectivity index (χ1v) is 10.7. The van der Waals surface area contributed by atoms with E-state index in [2.05, 4.69) is 10.1 Å². The molecule has 0 aromatic heterocycles. The molecular weight excluding hydrogens is 386 g/mol. The maximum atomic E-state index is 12.7. The molecule has 1 aliphatic heterocycles. The summed E-state index contributed by atoms with van der Waals surface area (Å²) in [7, 11) is -3.84. The normalized spacial score (nSPS) is 15.3. The second-order valence-electron chi connectivity index (χ2n) is 6.61. The van der Waals surface area contributed by atoms with Gasteiger partial charge in [-0.2, -0.15) is 0 Å². The number of carbonyl (C=O) groups is 1. The van der Waals surface area contributed by atoms with E-state index >= 15 is 0 Å². The van der Waals surface area contributed by atoms with Gasteiger partial charge in [-0.1, -0.05) is 30.2 Å². The standard InChI is InChI=1S/C19H22ClN3O3S/c1-14-6-5-7-15(12-14)22-27(25,26)16-8-9-18(20)17(13-16)19(24)21-23-10-3-2-4-11-23/h5-9,12-13,22H,2-4,10-11H2,1H3,(H,21,24). The van der Waals surface area contributed by atoms with Crippen molar-refractivity contribution in [3.8, 4) is 0 Å². The highest BCUT2D eigenvalue weighted by Crippen LogP contribution is 2.23. The van der Waals surface area contributed by atoms with E-state index in [0.717, 1.165) is 37.9 Å². The van der Waals surface area contributed by atoms with Gasteiger partial charge in [-0.25, -0.2) is 13.4 Å². The Balaban J connectivity index is 1.82. The molecule has 2 aromatic carbocycles. The number of benzene rings is 2. The molecule has 144 valence electrons. The number of hydrogen-bond donors (Lipinski definition) is 2. The lowest BCUT2D eigenvalue weighted by Gasteiger charge is -2.27. The van der Waals surface area contributed by atoms with Gasteiger partial charge >= 0.3 is 0 Å². The summed E-state index contributed by atoms with van der Waals surface area (Å²) in [6.07, 6.45) is 3.18. The molecule has 6 nitrogen and oxygen atoms in total. The first-order valence-electron chi connectivity index (χ1n) is 8.80. The van der Waals surface area contributed by atoms with E-state index in [0.29, 0.717) is 5.69 Å². The molecular formula is C19H22ClN3O3S. The van der Waals surface area contributed by atoms with E-state index in [4.69, 9.17) is 11.6 Å². The second-order valence-corrected chi connectivity index (χ2v) is 8.69. The fraction of sp³-hybridized carbons (Fsp3) is 0.316. The molecule has 2 aromatic rings. The highest BCUT2D eigenvalue weighted by atomic mass is 35.5. The quantitative estimate of drug-likeness (QED) is 0.794. The largest absolute Gasteiger partial charge is 0.285 e. The van der Waals surface area contributed by atoms with Gasteiger partial charge in [0.1, 0.15) is 0 Å². The van der Waals surface area contributed by atoms with E-state index < -0.39 is 15.9 Å². The van der Waals surface area contributed by atoms with Crippen LogP contribution in [0.2, 0.25) is 5.02 Å². The van der Waals surface area contributed by atoms with Crippen LogP contribution >= 0.6 is 11.6 Å². The number of piperidine rings is 1. The summed E-state index contributed by atoms with van der Waals surface area (Å²) in [5.74, 6) is -0.408. The van der Waals surface area contributed by atoms with Crippen LogP contribution in [0.4, 0.5) is 5.69 Å². The van der Waals surface area contributed by atoms with Crippen molar-refractivity contribution in [2.45, 2.75) is 31.1 Å². The van der Waals surface area contributed by atoms with Crippen LogP contribution in [0.25, 0.3) is 0 Å². The zero-order valence-electron chi connectivity index (χ0n) is 15.0. The Kier molecular flexibility index (Phi) is 6.04. The number of aryl methyl sites for hydroxylation is 1. The van der Waals surface area contributed by atoms with E-state index in [1.54, 1.807) is 18.2 Å². The number of sulfonamides is 1. The lowest BCUT2D eigenvalue weighted by molar-refractivity contribution is 0.0750. The Morgan fingerprint density at radius 1 is 1.07 bits per heavy atom. The van der Waals surface area contributed by atoms with Gasteiger partial charge in [0.2, 0.25) is 0 Å². The highest BCUT2D eigenvalue weighted by molar-refractivity contribution is 7.92. The number of rotatable bonds is 5. The average Bonchev–Trinajstić information content (AvgIpc) is 2.62. The molecule has 0 atom stereocenters. The zero-order chi connectivity index (χ0) is 19.4. The summed E-state index contributed by atoms with van der Waals surface area (Å²) in [6, 6.07) is 11.2. The van der Waals surface area contributed by atoms with Crippen LogP contribution in [0.5, 0.6) is 0 Å². The molecule has 2 N–H and O–H groups in total. The number of carbonyl (C=O) groups excluding carboxylic acids is 1. The van der Waals surface area contributed by atoms with E-state index in [1.165, 1.54) is 18.2 Å². The number of hydrogen-bond acceptors (Lipinski definition) is 4. The van der Waals surface area contributed by atoms with Gasteiger partial charge in [-0.05, 0) is 55.7 Å². The number of halogens is 1. The minimum Gasteiger partial charge on any atom is -0.285 e. The minimum atomic E-state index is -3.84. The molecule has 0 radical (unpaired) electrons. The predicted octanol–water partition coefficient (Wildman–Crippen LogP) is 3.58. The lowest BCUT2D eigenvalue weighted by Crippen LogP contribution is -2.45. The third-order valence-corrected chi connectivity index (χ3v) is 6.09. The molecule has 27 heavy (non-hydrogen) atoms. The number of anilines is 1. The Hall–Kier alpha value is -2.09. The van der Waals surface area contributed by atoms with E-state index in [1.807, 2.05) is 18.0 Å². The predicted molar refractivity (Wildman–Crippen MR) is 106 cm³/mol. The van der Waals surface area contributed by atoms with Gasteiger partial charge in [0.05, 0.1) is 15.5 Å². The Bertz CT molecular complexity index is 941. The molecule has 1 amide bonds. The minimum absolute atomic E-state index is 0.0165. The molecule has 1 aliphatic rings. The molecule has 1 fully saturated rings. The summed E-state index contributed by atoms with van der Waals surface area (Å²) in [5.41, 5.74) is 4.34. The molecule has 0 saturated carbocycles. The summed E-state index contributed by atoms with van der Waals surface area (Å²) >= 11 is 6.15. The molecule has 1 heterocycles. The summed E-state index contributed by atoms with van der Waals surface area (Å²) < 4.78 is 27.9. The van der Waals surface area contributed by atoms with Crippen molar-refractivity contribution < 1.29 is 13.2 Å². The van der Waals surface area contributed by atoms with Gasteiger partial charge in [0, 0.05) is 18.8 Å². The summed E-state index contributed by atoms with van der Waals surface area (Å²) in [4.78, 5) is 12.5. The monoisotopic (exact) mass is 407 g/mol. The highest BCUT2D eigenvalue weighted by Gasteiger charge is 2.21. The molecule has 0 bridgehead atoms. The molecule has 0 spiro atoms. The van der Waals surface area contributed by atoms with Gasteiger partial charge < -0.3 is 0 Å². The molecule has 1 saturated heterocycles. The molecule has 0 unspecified atom stereocenters. The third-order valence-electron chi connectivity index (χ3n) is 4.38. The van der Waals surface area contributed by atoms with Crippen molar-refractivity contribution in [1.82, 2.24) is 10.4 Å². The topological polar surface area (TPSA) is 78.5 Å². The number of nitrogens with one attached hydrogen (secondary N) is 2. The third kappa shape index (κ3) is 5.00. The lowest BCUT2D eigenvalue weighted by atomic mass is 10.1. The SMILES string of the molecule is Cc1cccc(NS(=O)(=O)c2ccc(Cl)c(C(=O)NN3CCCCC3)c2)c1. The fourth-order valence-electron chi connectivity index (χ4n) is 2.98. The Labute approximate surface area is 164 Å². The van der Waals surface area contributed by atoms with Crippen LogP contribution in [0.3, 0.4) is 0 Å². The van der Waals surface area contributed by atoms with Gasteiger partial charge in [-0.3, -0.25) is 14.9 Å². The Morgan fingerprint density at radius 3 is 2.52 bits per heavy atom. The van der Waals surface area contributed by atoms with Crippen LogP contribution < -0.4 is 10.1 Å². The van der Waals surface area contributed by atoms with E-state index in [-0.39, 0.29) is 15.5 Å². The van der Waals surface area contributed by atoms with Crippen LogP contribution in [-0.4, -0.2) is 32.4 Å². The van der Waals surface area contributed by atoms with Crippen LogP contribution in [-0.2, 0) is 10.0 Å². The van der Waals surface area contributed by atoms with Gasteiger partial charge in [0.15, 0.2) is 0 Å². The number of nitrogens with zero attached hydrogens (tertiary/aromatic N) is 1. The van der Waals surface area contributed by atoms with Crippen molar-refractivity contribution in [3.05, 3.63) is 58.6 Å². The van der Waals surface area contributed by atoms with Crippen molar-refractivity contribution in [3.63, 3.8) is 0 Å². The summed E-state index contributed by atoms with van der Waals surface area (Å²) in [6.45, 7) is 3.43. The Morgan fingerprint density at radius 2 is 1.81 bits per heavy atom. The first-order chi connectivity index (χ1) is 12.8. The average molecular weight is 408 g/mol. The summed E-state index contributed by atoms with van der Waals surface area (Å²) in [5, 5.41) is 2.05. The van der Waals surface area contributed by atoms with Crippen LogP contribution in [0, 0.1) is 6.92 Å². The van der Waals surface area contributed by atoms with Gasteiger partial charge in [-0.15, -0.1) is 0 Å². The molecule has 8 heteroatoms. The van der Waals surface area contributed by atoms with Crippen molar-refractivity contribution in [2.75, 3.05) is 17.8 Å². The van der Waals surface area contributed by atoms with Crippen molar-refractivity contribution in [1.29, 1.82) is 0 Å². The fourth-order valence-corrected chi connectivity index (χ4v) is 4.26. The van der Waals surface area contributed by atoms with E-state index in [9.17, 15) is 13.2 Å². The molecule has 3 rings (SSSR count). The van der Waals surface area contributed by atoms with Crippen molar-refractivity contribution in [2.24, 2.45) is 0 Å². The smallest absolute Gasteiger partial charge is 0.267 e. The molecule has 0 aliphatic carbocycles. The van der Waals surface area contributed by atoms with Gasteiger partial charge in [0.25, 0.3) is 15.9 Å². The number of amides is 1.